The summed E-state index contributed by atoms with van der Waals surface area (Å²) in [6, 6.07) is 0.793. The van der Waals surface area contributed by atoms with Gasteiger partial charge in [-0.05, 0) is 44.6 Å². The quantitative estimate of drug-likeness (QED) is 0.518. The summed E-state index contributed by atoms with van der Waals surface area (Å²) in [5.74, 6) is 0. The zero-order valence-corrected chi connectivity index (χ0v) is 6.11. The summed E-state index contributed by atoms with van der Waals surface area (Å²) in [6.45, 7) is 3.57. The molecule has 1 heterocycles. The Bertz CT molecular complexity index is 116. The Morgan fingerprint density at radius 1 is 1.33 bits per heavy atom. The summed E-state index contributed by atoms with van der Waals surface area (Å²) < 4.78 is 0. The first-order valence-electron chi connectivity index (χ1n) is 4.04. The van der Waals surface area contributed by atoms with Crippen LogP contribution >= 0.6 is 0 Å². The summed E-state index contributed by atoms with van der Waals surface area (Å²) in [6.07, 6.45) is 5.91. The Labute approximate surface area is 56.8 Å². The van der Waals surface area contributed by atoms with Crippen molar-refractivity contribution in [3.05, 3.63) is 0 Å². The Balaban J connectivity index is 1.96. The average Bonchev–Trinajstić information content (AvgIpc) is 2.49. The van der Waals surface area contributed by atoms with E-state index in [4.69, 9.17) is 0 Å². The topological polar surface area (TPSA) is 12.0 Å². The second-order valence-corrected chi connectivity index (χ2v) is 3.81. The van der Waals surface area contributed by atoms with Crippen molar-refractivity contribution in [1.29, 1.82) is 0 Å². The molecule has 0 aromatic carbocycles. The minimum Gasteiger partial charge on any atom is -0.314 e. The maximum Gasteiger partial charge on any atom is 0.00440 e. The maximum atomic E-state index is 3.48. The van der Waals surface area contributed by atoms with Crippen molar-refractivity contribution < 1.29 is 0 Å². The first kappa shape index (κ1) is 5.72. The molecule has 1 saturated carbocycles. The smallest absolute Gasteiger partial charge is 0.00440 e. The molecule has 0 unspecified atom stereocenters. The van der Waals surface area contributed by atoms with Crippen LogP contribution in [0.2, 0.25) is 0 Å². The third-order valence-corrected chi connectivity index (χ3v) is 2.84. The van der Waals surface area contributed by atoms with Gasteiger partial charge in [0.25, 0.3) is 0 Å². The Morgan fingerprint density at radius 2 is 2.11 bits per heavy atom. The van der Waals surface area contributed by atoms with E-state index < -0.39 is 0 Å². The van der Waals surface area contributed by atoms with Crippen LogP contribution in [-0.4, -0.2) is 12.6 Å². The highest BCUT2D eigenvalue weighted by Gasteiger charge is 2.44. The highest BCUT2D eigenvalue weighted by Crippen LogP contribution is 2.53. The van der Waals surface area contributed by atoms with Crippen molar-refractivity contribution >= 4 is 0 Å². The molecule has 2 aliphatic rings. The van der Waals surface area contributed by atoms with Gasteiger partial charge in [-0.3, -0.25) is 0 Å². The van der Waals surface area contributed by atoms with E-state index in [9.17, 15) is 0 Å². The summed E-state index contributed by atoms with van der Waals surface area (Å²) >= 11 is 0. The second-order valence-electron chi connectivity index (χ2n) is 3.81. The molecule has 2 fully saturated rings. The SMILES string of the molecule is C[C@@H]1CC2(CCN1)CC2. The molecule has 9 heavy (non-hydrogen) atoms. The fraction of sp³-hybridized carbons (Fsp3) is 1.00. The molecule has 0 radical (unpaired) electrons. The van der Waals surface area contributed by atoms with Crippen molar-refractivity contribution in [1.82, 2.24) is 5.32 Å². The Morgan fingerprint density at radius 3 is 2.56 bits per heavy atom. The van der Waals surface area contributed by atoms with Gasteiger partial charge in [0.05, 0.1) is 0 Å². The van der Waals surface area contributed by atoms with E-state index in [0.717, 1.165) is 11.5 Å². The van der Waals surface area contributed by atoms with Gasteiger partial charge in [-0.1, -0.05) is 0 Å². The molecule has 1 aliphatic heterocycles. The standard InChI is InChI=1S/C8H15N/c1-7-6-8(2-3-8)4-5-9-7/h7,9H,2-6H2,1H3/t7-/m1/s1. The molecule has 1 atom stereocenters. The van der Waals surface area contributed by atoms with E-state index >= 15 is 0 Å². The summed E-state index contributed by atoms with van der Waals surface area (Å²) in [5.41, 5.74) is 0.838. The van der Waals surface area contributed by atoms with Gasteiger partial charge in [0.15, 0.2) is 0 Å². The van der Waals surface area contributed by atoms with Gasteiger partial charge in [0.2, 0.25) is 0 Å². The van der Waals surface area contributed by atoms with Crippen molar-refractivity contribution in [2.24, 2.45) is 5.41 Å². The van der Waals surface area contributed by atoms with E-state index in [2.05, 4.69) is 12.2 Å². The van der Waals surface area contributed by atoms with Gasteiger partial charge in [0, 0.05) is 6.04 Å². The molecule has 1 aliphatic carbocycles. The molecular formula is C8H15N. The predicted octanol–water partition coefficient (Wildman–Crippen LogP) is 1.54. The van der Waals surface area contributed by atoms with Gasteiger partial charge in [-0.25, -0.2) is 0 Å². The van der Waals surface area contributed by atoms with Crippen LogP contribution < -0.4 is 5.32 Å². The first-order valence-corrected chi connectivity index (χ1v) is 4.04. The number of rotatable bonds is 0. The molecule has 1 saturated heterocycles. The van der Waals surface area contributed by atoms with Crippen molar-refractivity contribution in [2.75, 3.05) is 6.54 Å². The maximum absolute atomic E-state index is 3.48. The average molecular weight is 125 g/mol. The summed E-state index contributed by atoms with van der Waals surface area (Å²) in [7, 11) is 0. The second kappa shape index (κ2) is 1.72. The van der Waals surface area contributed by atoms with E-state index in [-0.39, 0.29) is 0 Å². The normalized spacial score (nSPS) is 39.0. The number of nitrogens with one attached hydrogen (secondary N) is 1. The lowest BCUT2D eigenvalue weighted by atomic mass is 9.90. The van der Waals surface area contributed by atoms with Gasteiger partial charge < -0.3 is 5.32 Å². The summed E-state index contributed by atoms with van der Waals surface area (Å²) in [5, 5.41) is 3.48. The van der Waals surface area contributed by atoms with Crippen LogP contribution in [0.1, 0.15) is 32.6 Å². The van der Waals surface area contributed by atoms with E-state index in [0.29, 0.717) is 0 Å². The van der Waals surface area contributed by atoms with E-state index in [1.165, 1.54) is 32.2 Å². The number of hydrogen-bond acceptors (Lipinski definition) is 1. The molecule has 1 N–H and O–H groups in total. The molecule has 1 spiro atoms. The van der Waals surface area contributed by atoms with E-state index in [1.54, 1.807) is 0 Å². The molecule has 0 aromatic rings. The van der Waals surface area contributed by atoms with Crippen LogP contribution in [-0.2, 0) is 0 Å². The lowest BCUT2D eigenvalue weighted by Gasteiger charge is -2.27. The van der Waals surface area contributed by atoms with Gasteiger partial charge in [-0.15, -0.1) is 0 Å². The van der Waals surface area contributed by atoms with Crippen molar-refractivity contribution in [3.63, 3.8) is 0 Å². The largest absolute Gasteiger partial charge is 0.314 e. The van der Waals surface area contributed by atoms with Gasteiger partial charge in [0.1, 0.15) is 0 Å². The lowest BCUT2D eigenvalue weighted by molar-refractivity contribution is 0.296. The van der Waals surface area contributed by atoms with Gasteiger partial charge in [-0.2, -0.15) is 0 Å². The molecule has 0 amide bonds. The Kier molecular flexibility index (Phi) is 1.10. The fourth-order valence-corrected chi connectivity index (χ4v) is 2.04. The minimum absolute atomic E-state index is 0.793. The summed E-state index contributed by atoms with van der Waals surface area (Å²) in [4.78, 5) is 0. The first-order chi connectivity index (χ1) is 4.31. The zero-order chi connectivity index (χ0) is 6.32. The monoisotopic (exact) mass is 125 g/mol. The fourth-order valence-electron chi connectivity index (χ4n) is 2.04. The van der Waals surface area contributed by atoms with Gasteiger partial charge >= 0.3 is 0 Å². The Hall–Kier alpha value is -0.0400. The van der Waals surface area contributed by atoms with Crippen LogP contribution in [0.15, 0.2) is 0 Å². The van der Waals surface area contributed by atoms with Crippen LogP contribution in [0.5, 0.6) is 0 Å². The molecule has 1 heteroatoms. The molecule has 1 nitrogen and oxygen atoms in total. The molecule has 2 rings (SSSR count). The van der Waals surface area contributed by atoms with Crippen LogP contribution in [0.25, 0.3) is 0 Å². The number of piperidine rings is 1. The van der Waals surface area contributed by atoms with E-state index in [1.807, 2.05) is 0 Å². The highest BCUT2D eigenvalue weighted by molar-refractivity contribution is 4.98. The molecule has 0 bridgehead atoms. The molecular weight excluding hydrogens is 110 g/mol. The zero-order valence-electron chi connectivity index (χ0n) is 6.11. The lowest BCUT2D eigenvalue weighted by Crippen LogP contribution is -2.36. The number of hydrogen-bond donors (Lipinski definition) is 1. The predicted molar refractivity (Wildman–Crippen MR) is 38.4 cm³/mol. The third-order valence-electron chi connectivity index (χ3n) is 2.84. The van der Waals surface area contributed by atoms with Crippen LogP contribution in [0.3, 0.4) is 0 Å². The molecule has 52 valence electrons. The molecule has 0 aromatic heterocycles. The van der Waals surface area contributed by atoms with Crippen LogP contribution in [0, 0.1) is 5.41 Å². The minimum atomic E-state index is 0.793. The third kappa shape index (κ3) is 0.983. The highest BCUT2D eigenvalue weighted by atomic mass is 14.9. The van der Waals surface area contributed by atoms with Crippen molar-refractivity contribution in [2.45, 2.75) is 38.6 Å². The van der Waals surface area contributed by atoms with Crippen molar-refractivity contribution in [3.8, 4) is 0 Å². The van der Waals surface area contributed by atoms with Crippen LogP contribution in [0.4, 0.5) is 0 Å².